The first kappa shape index (κ1) is 13.6. The van der Waals surface area contributed by atoms with Crippen molar-refractivity contribution in [1.29, 1.82) is 0 Å². The summed E-state index contributed by atoms with van der Waals surface area (Å²) in [6.45, 7) is 4.50. The minimum absolute atomic E-state index is 0.570. The van der Waals surface area contributed by atoms with Crippen LogP contribution in [0.1, 0.15) is 46.0 Å². The highest BCUT2D eigenvalue weighted by molar-refractivity contribution is 8.13. The van der Waals surface area contributed by atoms with E-state index in [1.54, 1.807) is 0 Å². The Bertz CT molecular complexity index is 268. The molecule has 3 atom stereocenters. The first-order valence-corrected chi connectivity index (χ1v) is 8.94. The van der Waals surface area contributed by atoms with E-state index in [9.17, 15) is 0 Å². The Morgan fingerprint density at radius 1 is 1.35 bits per heavy atom. The van der Waals surface area contributed by atoms with Gasteiger partial charge in [-0.2, -0.15) is 11.8 Å². The van der Waals surface area contributed by atoms with E-state index in [1.165, 1.54) is 48.8 Å². The average molecular weight is 272 g/mol. The quantitative estimate of drug-likeness (QED) is 0.847. The van der Waals surface area contributed by atoms with Gasteiger partial charge in [-0.3, -0.25) is 4.99 Å². The molecule has 0 saturated heterocycles. The molecule has 1 fully saturated rings. The average Bonchev–Trinajstić information content (AvgIpc) is 2.77. The second-order valence-electron chi connectivity index (χ2n) is 4.87. The fraction of sp³-hybridized carbons (Fsp3) is 0.923. The predicted molar refractivity (Wildman–Crippen MR) is 81.3 cm³/mol. The Hall–Kier alpha value is 0.170. The van der Waals surface area contributed by atoms with Crippen LogP contribution in [-0.4, -0.2) is 34.0 Å². The fourth-order valence-corrected chi connectivity index (χ4v) is 4.77. The van der Waals surface area contributed by atoms with Gasteiger partial charge in [0.25, 0.3) is 0 Å². The lowest BCUT2D eigenvalue weighted by molar-refractivity contribution is 0.604. The van der Waals surface area contributed by atoms with E-state index in [0.29, 0.717) is 12.1 Å². The molecule has 2 rings (SSSR count). The smallest absolute Gasteiger partial charge is 0.157 e. The van der Waals surface area contributed by atoms with Crippen molar-refractivity contribution in [3.05, 3.63) is 0 Å². The van der Waals surface area contributed by atoms with E-state index in [-0.39, 0.29) is 0 Å². The van der Waals surface area contributed by atoms with Crippen molar-refractivity contribution in [2.75, 3.05) is 11.5 Å². The van der Waals surface area contributed by atoms with Gasteiger partial charge in [0, 0.05) is 17.0 Å². The molecule has 1 N–H and O–H groups in total. The number of amidine groups is 1. The molecular formula is C13H24N2S2. The molecule has 4 heteroatoms. The molecule has 2 nitrogen and oxygen atoms in total. The molecule has 2 aliphatic rings. The summed E-state index contributed by atoms with van der Waals surface area (Å²) in [5, 5.41) is 5.77. The van der Waals surface area contributed by atoms with Gasteiger partial charge in [0.15, 0.2) is 5.17 Å². The molecule has 3 unspecified atom stereocenters. The highest BCUT2D eigenvalue weighted by Crippen LogP contribution is 2.30. The maximum atomic E-state index is 4.80. The summed E-state index contributed by atoms with van der Waals surface area (Å²) in [7, 11) is 0. The third kappa shape index (κ3) is 4.09. The number of nitrogens with one attached hydrogen (secondary N) is 1. The molecule has 0 bridgehead atoms. The van der Waals surface area contributed by atoms with E-state index in [2.05, 4.69) is 30.9 Å². The van der Waals surface area contributed by atoms with Gasteiger partial charge in [-0.15, -0.1) is 0 Å². The third-order valence-corrected chi connectivity index (χ3v) is 5.74. The van der Waals surface area contributed by atoms with Gasteiger partial charge < -0.3 is 5.32 Å². The molecule has 0 aromatic heterocycles. The zero-order valence-corrected chi connectivity index (χ0v) is 12.6. The van der Waals surface area contributed by atoms with E-state index in [1.807, 2.05) is 11.8 Å². The lowest BCUT2D eigenvalue weighted by Crippen LogP contribution is -2.34. The lowest BCUT2D eigenvalue weighted by Gasteiger charge is -2.22. The summed E-state index contributed by atoms with van der Waals surface area (Å²) < 4.78 is 0. The van der Waals surface area contributed by atoms with Gasteiger partial charge in [0.2, 0.25) is 0 Å². The number of nitrogens with zero attached hydrogens (tertiary/aromatic N) is 1. The minimum atomic E-state index is 0.570. The van der Waals surface area contributed by atoms with Gasteiger partial charge in [0.05, 0.1) is 6.04 Å². The molecule has 0 radical (unpaired) electrons. The van der Waals surface area contributed by atoms with Crippen molar-refractivity contribution in [3.8, 4) is 0 Å². The number of rotatable bonds is 4. The monoisotopic (exact) mass is 272 g/mol. The van der Waals surface area contributed by atoms with Crippen LogP contribution >= 0.6 is 23.5 Å². The maximum Gasteiger partial charge on any atom is 0.157 e. The number of aliphatic imine (C=N–C) groups is 1. The Morgan fingerprint density at radius 3 is 3.00 bits per heavy atom. The van der Waals surface area contributed by atoms with Crippen LogP contribution in [0.3, 0.4) is 0 Å². The van der Waals surface area contributed by atoms with Crippen LogP contribution in [-0.2, 0) is 0 Å². The molecular weight excluding hydrogens is 248 g/mol. The van der Waals surface area contributed by atoms with Crippen molar-refractivity contribution >= 4 is 28.7 Å². The predicted octanol–water partition coefficient (Wildman–Crippen LogP) is 3.52. The largest absolute Gasteiger partial charge is 0.362 e. The molecule has 1 heterocycles. The maximum absolute atomic E-state index is 4.80. The van der Waals surface area contributed by atoms with E-state index < -0.39 is 0 Å². The number of hydrogen-bond donors (Lipinski definition) is 1. The summed E-state index contributed by atoms with van der Waals surface area (Å²) in [5.41, 5.74) is 0. The Kier molecular flexibility index (Phi) is 5.54. The van der Waals surface area contributed by atoms with Gasteiger partial charge in [-0.05, 0) is 37.9 Å². The van der Waals surface area contributed by atoms with Gasteiger partial charge >= 0.3 is 0 Å². The fourth-order valence-electron chi connectivity index (χ4n) is 2.57. The Balaban J connectivity index is 1.79. The molecule has 98 valence electrons. The van der Waals surface area contributed by atoms with Crippen molar-refractivity contribution in [2.45, 2.75) is 63.3 Å². The van der Waals surface area contributed by atoms with Crippen molar-refractivity contribution < 1.29 is 0 Å². The zero-order chi connectivity index (χ0) is 12.1. The number of hydrogen-bond acceptors (Lipinski definition) is 4. The van der Waals surface area contributed by atoms with E-state index in [4.69, 9.17) is 4.99 Å². The molecule has 0 aromatic rings. The van der Waals surface area contributed by atoms with E-state index >= 15 is 0 Å². The van der Waals surface area contributed by atoms with Crippen molar-refractivity contribution in [3.63, 3.8) is 0 Å². The highest BCUT2D eigenvalue weighted by atomic mass is 32.2. The van der Waals surface area contributed by atoms with Gasteiger partial charge in [0.1, 0.15) is 0 Å². The van der Waals surface area contributed by atoms with E-state index in [0.717, 1.165) is 5.25 Å². The Morgan fingerprint density at radius 2 is 2.24 bits per heavy atom. The van der Waals surface area contributed by atoms with Crippen LogP contribution < -0.4 is 5.32 Å². The lowest BCUT2D eigenvalue weighted by atomic mass is 10.2. The normalized spacial score (nSPS) is 33.5. The second-order valence-corrected chi connectivity index (χ2v) is 7.53. The number of thioether (sulfide) groups is 2. The summed E-state index contributed by atoms with van der Waals surface area (Å²) in [6, 6.07) is 1.25. The topological polar surface area (TPSA) is 24.4 Å². The van der Waals surface area contributed by atoms with Crippen molar-refractivity contribution in [1.82, 2.24) is 5.32 Å². The van der Waals surface area contributed by atoms with Crippen LogP contribution in [0.2, 0.25) is 0 Å². The molecule has 1 aliphatic carbocycles. The standard InChI is InChI=1S/C13H24N2S2/c1-3-10-7-8-17-13(14-10)15-11-5-6-12(9-11)16-4-2/h10-12H,3-9H2,1-2H3,(H,14,15). The second kappa shape index (κ2) is 6.93. The van der Waals surface area contributed by atoms with Crippen LogP contribution in [0.5, 0.6) is 0 Å². The summed E-state index contributed by atoms with van der Waals surface area (Å²) in [4.78, 5) is 4.80. The third-order valence-electron chi connectivity index (χ3n) is 3.58. The molecule has 1 saturated carbocycles. The first-order chi connectivity index (χ1) is 8.31. The zero-order valence-electron chi connectivity index (χ0n) is 10.9. The molecule has 17 heavy (non-hydrogen) atoms. The van der Waals surface area contributed by atoms with Gasteiger partial charge in [-0.1, -0.05) is 25.6 Å². The van der Waals surface area contributed by atoms with Crippen LogP contribution in [0.15, 0.2) is 4.99 Å². The molecule has 0 amide bonds. The highest BCUT2D eigenvalue weighted by Gasteiger charge is 2.26. The summed E-state index contributed by atoms with van der Waals surface area (Å²) >= 11 is 4.04. The Labute approximate surface area is 114 Å². The van der Waals surface area contributed by atoms with Crippen LogP contribution in [0, 0.1) is 0 Å². The summed E-state index contributed by atoms with van der Waals surface area (Å²) in [5.74, 6) is 2.50. The van der Waals surface area contributed by atoms with Crippen LogP contribution in [0.25, 0.3) is 0 Å². The van der Waals surface area contributed by atoms with Gasteiger partial charge in [-0.25, -0.2) is 0 Å². The first-order valence-electron chi connectivity index (χ1n) is 6.90. The molecule has 0 spiro atoms. The summed E-state index contributed by atoms with van der Waals surface area (Å²) in [6.07, 6.45) is 6.48. The SMILES string of the molecule is CCSC1CCC(NC2=NC(CC)CCS2)C1. The molecule has 1 aliphatic heterocycles. The minimum Gasteiger partial charge on any atom is -0.362 e. The van der Waals surface area contributed by atoms with Crippen molar-refractivity contribution in [2.24, 2.45) is 4.99 Å². The molecule has 0 aromatic carbocycles. The van der Waals surface area contributed by atoms with Crippen LogP contribution in [0.4, 0.5) is 0 Å².